The lowest BCUT2D eigenvalue weighted by atomic mass is 9.86. The van der Waals surface area contributed by atoms with Crippen molar-refractivity contribution in [1.29, 1.82) is 0 Å². The number of benzene rings is 1. The van der Waals surface area contributed by atoms with E-state index in [1.807, 2.05) is 22.6 Å². The number of nitrogens with one attached hydrogen (secondary N) is 1. The van der Waals surface area contributed by atoms with Gasteiger partial charge < -0.3 is 5.32 Å². The Morgan fingerprint density at radius 1 is 1.39 bits per heavy atom. The average molecular weight is 361 g/mol. The summed E-state index contributed by atoms with van der Waals surface area (Å²) in [5.74, 6) is -0.244. The van der Waals surface area contributed by atoms with Crippen molar-refractivity contribution in [2.75, 3.05) is 0 Å². The summed E-state index contributed by atoms with van der Waals surface area (Å²) in [6.45, 7) is 2.15. The standard InChI is InChI=1S/C14H17FINO/c1-9-5-2-3-8-12(9)17-14(18)13-10(15)6-4-7-11(13)16/h4,6-7,9,12H,2-3,5,8H2,1H3,(H,17,18). The zero-order chi connectivity index (χ0) is 13.1. The van der Waals surface area contributed by atoms with Crippen LogP contribution in [0.25, 0.3) is 0 Å². The molecule has 1 aliphatic rings. The van der Waals surface area contributed by atoms with Gasteiger partial charge in [-0.05, 0) is 53.5 Å². The fourth-order valence-electron chi connectivity index (χ4n) is 2.49. The van der Waals surface area contributed by atoms with Crippen molar-refractivity contribution >= 4 is 28.5 Å². The van der Waals surface area contributed by atoms with E-state index in [0.717, 1.165) is 19.3 Å². The number of halogens is 2. The molecule has 1 aromatic carbocycles. The second-order valence-electron chi connectivity index (χ2n) is 4.94. The second kappa shape index (κ2) is 5.99. The lowest BCUT2D eigenvalue weighted by molar-refractivity contribution is 0.0905. The molecule has 1 aromatic rings. The summed E-state index contributed by atoms with van der Waals surface area (Å²) in [6.07, 6.45) is 4.51. The first kappa shape index (κ1) is 13.8. The Balaban J connectivity index is 2.12. The van der Waals surface area contributed by atoms with E-state index >= 15 is 0 Å². The molecule has 0 saturated heterocycles. The summed E-state index contributed by atoms with van der Waals surface area (Å²) < 4.78 is 14.3. The Morgan fingerprint density at radius 3 is 2.78 bits per heavy atom. The number of rotatable bonds is 2. The molecule has 2 unspecified atom stereocenters. The number of amides is 1. The van der Waals surface area contributed by atoms with Crippen LogP contribution in [-0.4, -0.2) is 11.9 Å². The molecular weight excluding hydrogens is 344 g/mol. The van der Waals surface area contributed by atoms with Gasteiger partial charge in [-0.15, -0.1) is 0 Å². The smallest absolute Gasteiger partial charge is 0.255 e. The Bertz CT molecular complexity index is 429. The van der Waals surface area contributed by atoms with E-state index in [1.54, 1.807) is 12.1 Å². The molecule has 0 bridgehead atoms. The third-order valence-electron chi connectivity index (χ3n) is 3.62. The van der Waals surface area contributed by atoms with Gasteiger partial charge in [0.25, 0.3) is 5.91 Å². The molecule has 0 radical (unpaired) electrons. The number of hydrogen-bond donors (Lipinski definition) is 1. The zero-order valence-corrected chi connectivity index (χ0v) is 12.5. The van der Waals surface area contributed by atoms with E-state index < -0.39 is 5.82 Å². The molecule has 4 heteroatoms. The lowest BCUT2D eigenvalue weighted by Crippen LogP contribution is -2.41. The minimum atomic E-state index is -0.442. The molecule has 2 nitrogen and oxygen atoms in total. The molecule has 1 N–H and O–H groups in total. The second-order valence-corrected chi connectivity index (χ2v) is 6.10. The van der Waals surface area contributed by atoms with Crippen molar-refractivity contribution in [3.63, 3.8) is 0 Å². The summed E-state index contributed by atoms with van der Waals surface area (Å²) in [6, 6.07) is 4.89. The molecule has 1 amide bonds. The highest BCUT2D eigenvalue weighted by atomic mass is 127. The third-order valence-corrected chi connectivity index (χ3v) is 4.52. The van der Waals surface area contributed by atoms with E-state index in [1.165, 1.54) is 12.5 Å². The van der Waals surface area contributed by atoms with Crippen molar-refractivity contribution < 1.29 is 9.18 Å². The van der Waals surface area contributed by atoms with Crippen LogP contribution in [-0.2, 0) is 0 Å². The van der Waals surface area contributed by atoms with Gasteiger partial charge >= 0.3 is 0 Å². The maximum Gasteiger partial charge on any atom is 0.255 e. The van der Waals surface area contributed by atoms with Gasteiger partial charge in [0.05, 0.1) is 5.56 Å². The van der Waals surface area contributed by atoms with Crippen molar-refractivity contribution in [2.45, 2.75) is 38.6 Å². The van der Waals surface area contributed by atoms with Crippen LogP contribution in [0, 0.1) is 15.3 Å². The minimum Gasteiger partial charge on any atom is -0.349 e. The van der Waals surface area contributed by atoms with Crippen LogP contribution in [0.15, 0.2) is 18.2 Å². The summed E-state index contributed by atoms with van der Waals surface area (Å²) >= 11 is 2.00. The molecule has 1 saturated carbocycles. The quantitative estimate of drug-likeness (QED) is 0.799. The van der Waals surface area contributed by atoms with Gasteiger partial charge in [-0.3, -0.25) is 4.79 Å². The first-order valence-electron chi connectivity index (χ1n) is 6.34. The molecule has 0 heterocycles. The molecule has 0 aromatic heterocycles. The fourth-order valence-corrected chi connectivity index (χ4v) is 3.20. The molecule has 2 rings (SSSR count). The Morgan fingerprint density at radius 2 is 2.11 bits per heavy atom. The van der Waals surface area contributed by atoms with Gasteiger partial charge in [-0.25, -0.2) is 4.39 Å². The van der Waals surface area contributed by atoms with Crippen LogP contribution in [0.5, 0.6) is 0 Å². The Hall–Kier alpha value is -0.650. The predicted octanol–water partition coefficient (Wildman–Crippen LogP) is 3.74. The van der Waals surface area contributed by atoms with E-state index in [9.17, 15) is 9.18 Å². The van der Waals surface area contributed by atoms with E-state index in [4.69, 9.17) is 0 Å². The number of carbonyl (C=O) groups excluding carboxylic acids is 1. The van der Waals surface area contributed by atoms with Crippen LogP contribution < -0.4 is 5.32 Å². The van der Waals surface area contributed by atoms with Crippen molar-refractivity contribution in [3.8, 4) is 0 Å². The zero-order valence-electron chi connectivity index (χ0n) is 10.4. The van der Waals surface area contributed by atoms with Gasteiger partial charge in [-0.1, -0.05) is 25.8 Å². The topological polar surface area (TPSA) is 29.1 Å². The van der Waals surface area contributed by atoms with Gasteiger partial charge in [0, 0.05) is 9.61 Å². The molecule has 18 heavy (non-hydrogen) atoms. The molecular formula is C14H17FINO. The van der Waals surface area contributed by atoms with Crippen LogP contribution >= 0.6 is 22.6 Å². The highest BCUT2D eigenvalue weighted by molar-refractivity contribution is 14.1. The third kappa shape index (κ3) is 3.02. The maximum atomic E-state index is 13.7. The monoisotopic (exact) mass is 361 g/mol. The summed E-state index contributed by atoms with van der Waals surface area (Å²) in [7, 11) is 0. The van der Waals surface area contributed by atoms with Crippen molar-refractivity contribution in [2.24, 2.45) is 5.92 Å². The number of hydrogen-bond acceptors (Lipinski definition) is 1. The van der Waals surface area contributed by atoms with Crippen molar-refractivity contribution in [3.05, 3.63) is 33.1 Å². The first-order valence-corrected chi connectivity index (χ1v) is 7.42. The van der Waals surface area contributed by atoms with E-state index in [0.29, 0.717) is 9.49 Å². The molecule has 1 fully saturated rings. The largest absolute Gasteiger partial charge is 0.349 e. The molecule has 0 spiro atoms. The first-order chi connectivity index (χ1) is 8.59. The molecule has 0 aliphatic heterocycles. The maximum absolute atomic E-state index is 13.7. The Labute approximate surface area is 120 Å². The van der Waals surface area contributed by atoms with Crippen LogP contribution in [0.2, 0.25) is 0 Å². The highest BCUT2D eigenvalue weighted by Gasteiger charge is 2.25. The van der Waals surface area contributed by atoms with Gasteiger partial charge in [0.2, 0.25) is 0 Å². The SMILES string of the molecule is CC1CCCCC1NC(=O)c1c(F)cccc1I. The Kier molecular flexibility index (Phi) is 4.59. The van der Waals surface area contributed by atoms with E-state index in [2.05, 4.69) is 12.2 Å². The van der Waals surface area contributed by atoms with E-state index in [-0.39, 0.29) is 17.5 Å². The van der Waals surface area contributed by atoms with Crippen LogP contribution in [0.3, 0.4) is 0 Å². The van der Waals surface area contributed by atoms with Gasteiger partial charge in [0.1, 0.15) is 5.82 Å². The summed E-state index contributed by atoms with van der Waals surface area (Å²) in [4.78, 5) is 12.1. The lowest BCUT2D eigenvalue weighted by Gasteiger charge is -2.29. The summed E-state index contributed by atoms with van der Waals surface area (Å²) in [5, 5.41) is 2.98. The van der Waals surface area contributed by atoms with Gasteiger partial charge in [-0.2, -0.15) is 0 Å². The average Bonchev–Trinajstić information content (AvgIpc) is 2.32. The van der Waals surface area contributed by atoms with Crippen LogP contribution in [0.1, 0.15) is 43.0 Å². The molecule has 98 valence electrons. The predicted molar refractivity (Wildman–Crippen MR) is 78.0 cm³/mol. The molecule has 2 atom stereocenters. The van der Waals surface area contributed by atoms with Gasteiger partial charge in [0.15, 0.2) is 0 Å². The minimum absolute atomic E-state index is 0.177. The van der Waals surface area contributed by atoms with Crippen molar-refractivity contribution in [1.82, 2.24) is 5.32 Å². The summed E-state index contributed by atoms with van der Waals surface area (Å²) in [5.41, 5.74) is 0.177. The van der Waals surface area contributed by atoms with Crippen LogP contribution in [0.4, 0.5) is 4.39 Å². The highest BCUT2D eigenvalue weighted by Crippen LogP contribution is 2.24. The fraction of sp³-hybridized carbons (Fsp3) is 0.500. The normalized spacial score (nSPS) is 23.7. The molecule has 1 aliphatic carbocycles. The number of carbonyl (C=O) groups is 1.